The molecule has 0 atom stereocenters. The summed E-state index contributed by atoms with van der Waals surface area (Å²) >= 11 is 5.71. The van der Waals surface area contributed by atoms with E-state index >= 15 is 0 Å². The van der Waals surface area contributed by atoms with Crippen molar-refractivity contribution in [3.05, 3.63) is 17.3 Å². The van der Waals surface area contributed by atoms with Crippen molar-refractivity contribution < 1.29 is 4.39 Å². The Balaban J connectivity index is 1.99. The Labute approximate surface area is 112 Å². The van der Waals surface area contributed by atoms with Crippen LogP contribution >= 0.6 is 11.6 Å². The van der Waals surface area contributed by atoms with Crippen LogP contribution in [0.3, 0.4) is 0 Å². The summed E-state index contributed by atoms with van der Waals surface area (Å²) in [6, 6.07) is 0. The first-order valence-electron chi connectivity index (χ1n) is 6.21. The molecule has 2 rings (SSSR count). The number of hydrogen-bond donors (Lipinski definition) is 0. The van der Waals surface area contributed by atoms with Crippen molar-refractivity contribution in [3.8, 4) is 0 Å². The average molecular weight is 273 g/mol. The van der Waals surface area contributed by atoms with Crippen LogP contribution in [0.1, 0.15) is 13.8 Å². The highest BCUT2D eigenvalue weighted by Gasteiger charge is 2.21. The number of anilines is 1. The van der Waals surface area contributed by atoms with E-state index in [0.717, 1.165) is 38.9 Å². The first-order valence-corrected chi connectivity index (χ1v) is 6.59. The third-order valence-electron chi connectivity index (χ3n) is 2.99. The molecule has 0 unspecified atom stereocenters. The molecule has 6 heteroatoms. The molecule has 0 radical (unpaired) electrons. The van der Waals surface area contributed by atoms with Gasteiger partial charge in [0, 0.05) is 32.7 Å². The van der Waals surface area contributed by atoms with Gasteiger partial charge >= 0.3 is 0 Å². The summed E-state index contributed by atoms with van der Waals surface area (Å²) in [6.07, 6.45) is 1.13. The van der Waals surface area contributed by atoms with Crippen molar-refractivity contribution in [2.75, 3.05) is 37.6 Å². The fourth-order valence-electron chi connectivity index (χ4n) is 2.22. The molecule has 0 bridgehead atoms. The van der Waals surface area contributed by atoms with Gasteiger partial charge in [0.25, 0.3) is 0 Å². The number of rotatable bonds is 3. The molecule has 1 aliphatic rings. The van der Waals surface area contributed by atoms with Crippen LogP contribution in [0.25, 0.3) is 0 Å². The van der Waals surface area contributed by atoms with Crippen molar-refractivity contribution in [3.63, 3.8) is 0 Å². The minimum atomic E-state index is -0.406. The molecular formula is C12H18ClFN4. The lowest BCUT2D eigenvalue weighted by molar-refractivity contribution is 0.230. The van der Waals surface area contributed by atoms with Gasteiger partial charge < -0.3 is 4.90 Å². The summed E-state index contributed by atoms with van der Waals surface area (Å²) in [4.78, 5) is 11.9. The van der Waals surface area contributed by atoms with Crippen LogP contribution in [-0.2, 0) is 0 Å². The summed E-state index contributed by atoms with van der Waals surface area (Å²) < 4.78 is 13.6. The van der Waals surface area contributed by atoms with Gasteiger partial charge in [-0.3, -0.25) is 4.90 Å². The first-order chi connectivity index (χ1) is 8.56. The molecule has 0 aromatic carbocycles. The number of piperazine rings is 1. The van der Waals surface area contributed by atoms with E-state index < -0.39 is 5.82 Å². The van der Waals surface area contributed by atoms with Crippen molar-refractivity contribution in [2.45, 2.75) is 13.8 Å². The van der Waals surface area contributed by atoms with Crippen molar-refractivity contribution >= 4 is 17.4 Å². The normalized spacial score (nSPS) is 17.5. The zero-order valence-corrected chi connectivity index (χ0v) is 11.5. The van der Waals surface area contributed by atoms with Crippen LogP contribution in [0.5, 0.6) is 0 Å². The summed E-state index contributed by atoms with van der Waals surface area (Å²) in [7, 11) is 0. The second-order valence-corrected chi connectivity index (χ2v) is 5.33. The van der Waals surface area contributed by atoms with Gasteiger partial charge in [0.05, 0.1) is 6.20 Å². The highest BCUT2D eigenvalue weighted by molar-refractivity contribution is 6.28. The third-order valence-corrected chi connectivity index (χ3v) is 3.17. The predicted octanol–water partition coefficient (Wildman–Crippen LogP) is 2.05. The molecule has 1 saturated heterocycles. The lowest BCUT2D eigenvalue weighted by Gasteiger charge is -2.36. The molecule has 0 N–H and O–H groups in total. The summed E-state index contributed by atoms with van der Waals surface area (Å²) in [6.45, 7) is 8.90. The molecule has 1 fully saturated rings. The van der Waals surface area contributed by atoms with E-state index in [9.17, 15) is 4.39 Å². The molecule has 18 heavy (non-hydrogen) atoms. The molecule has 1 aromatic rings. The highest BCUT2D eigenvalue weighted by atomic mass is 35.5. The van der Waals surface area contributed by atoms with Crippen molar-refractivity contribution in [2.24, 2.45) is 5.92 Å². The van der Waals surface area contributed by atoms with Gasteiger partial charge in [-0.25, -0.2) is 9.37 Å². The molecule has 100 valence electrons. The van der Waals surface area contributed by atoms with Gasteiger partial charge in [-0.1, -0.05) is 13.8 Å². The molecule has 0 saturated carbocycles. The SMILES string of the molecule is CC(C)CN1CCN(c2nc(Cl)ncc2F)CC1. The van der Waals surface area contributed by atoms with Gasteiger partial charge in [0.2, 0.25) is 5.28 Å². The Hall–Kier alpha value is -0.940. The molecule has 1 aromatic heterocycles. The van der Waals surface area contributed by atoms with E-state index in [0.29, 0.717) is 11.7 Å². The quantitative estimate of drug-likeness (QED) is 0.789. The van der Waals surface area contributed by atoms with E-state index in [1.807, 2.05) is 4.90 Å². The standard InChI is InChI=1S/C12H18ClFN4/c1-9(2)8-17-3-5-18(6-4-17)11-10(14)7-15-12(13)16-11/h7,9H,3-6,8H2,1-2H3. The maximum atomic E-state index is 13.6. The zero-order valence-electron chi connectivity index (χ0n) is 10.7. The lowest BCUT2D eigenvalue weighted by atomic mass is 10.2. The summed E-state index contributed by atoms with van der Waals surface area (Å²) in [5.74, 6) is 0.567. The number of aromatic nitrogens is 2. The Morgan fingerprint density at radius 3 is 2.61 bits per heavy atom. The van der Waals surface area contributed by atoms with Crippen LogP contribution in [0.4, 0.5) is 10.2 Å². The minimum absolute atomic E-state index is 0.0935. The van der Waals surface area contributed by atoms with E-state index in [4.69, 9.17) is 11.6 Å². The fraction of sp³-hybridized carbons (Fsp3) is 0.667. The molecule has 0 amide bonds. The first kappa shape index (κ1) is 13.5. The summed E-state index contributed by atoms with van der Waals surface area (Å²) in [5.41, 5.74) is 0. The fourth-order valence-corrected chi connectivity index (χ4v) is 2.35. The monoisotopic (exact) mass is 272 g/mol. The maximum Gasteiger partial charge on any atom is 0.224 e. The van der Waals surface area contributed by atoms with Gasteiger partial charge in [-0.15, -0.1) is 0 Å². The Morgan fingerprint density at radius 2 is 2.00 bits per heavy atom. The van der Waals surface area contributed by atoms with Crippen LogP contribution < -0.4 is 4.90 Å². The van der Waals surface area contributed by atoms with Crippen molar-refractivity contribution in [1.82, 2.24) is 14.9 Å². The summed E-state index contributed by atoms with van der Waals surface area (Å²) in [5, 5.41) is 0.0935. The van der Waals surface area contributed by atoms with Gasteiger partial charge in [-0.05, 0) is 17.5 Å². The topological polar surface area (TPSA) is 32.3 Å². The van der Waals surface area contributed by atoms with Crippen LogP contribution in [-0.4, -0.2) is 47.6 Å². The highest BCUT2D eigenvalue weighted by Crippen LogP contribution is 2.19. The Kier molecular flexibility index (Phi) is 4.35. The molecule has 4 nitrogen and oxygen atoms in total. The largest absolute Gasteiger partial charge is 0.351 e. The minimum Gasteiger partial charge on any atom is -0.351 e. The van der Waals surface area contributed by atoms with Gasteiger partial charge in [0.15, 0.2) is 11.6 Å². The van der Waals surface area contributed by atoms with Crippen LogP contribution in [0.2, 0.25) is 5.28 Å². The number of hydrogen-bond acceptors (Lipinski definition) is 4. The Bertz CT molecular complexity index is 405. The molecule has 1 aliphatic heterocycles. The second kappa shape index (κ2) is 5.80. The predicted molar refractivity (Wildman–Crippen MR) is 70.5 cm³/mol. The molecule has 2 heterocycles. The number of halogens is 2. The molecular weight excluding hydrogens is 255 g/mol. The molecule has 0 aliphatic carbocycles. The smallest absolute Gasteiger partial charge is 0.224 e. The van der Waals surface area contributed by atoms with Crippen molar-refractivity contribution in [1.29, 1.82) is 0 Å². The van der Waals surface area contributed by atoms with E-state index in [2.05, 4.69) is 28.7 Å². The number of nitrogens with zero attached hydrogens (tertiary/aromatic N) is 4. The van der Waals surface area contributed by atoms with Gasteiger partial charge in [-0.2, -0.15) is 4.98 Å². The van der Waals surface area contributed by atoms with Gasteiger partial charge in [0.1, 0.15) is 0 Å². The maximum absolute atomic E-state index is 13.6. The zero-order chi connectivity index (χ0) is 13.1. The second-order valence-electron chi connectivity index (χ2n) is 4.99. The van der Waals surface area contributed by atoms with E-state index in [-0.39, 0.29) is 5.28 Å². The Morgan fingerprint density at radius 1 is 1.33 bits per heavy atom. The average Bonchev–Trinajstić information content (AvgIpc) is 2.33. The third kappa shape index (κ3) is 3.29. The lowest BCUT2D eigenvalue weighted by Crippen LogP contribution is -2.48. The van der Waals surface area contributed by atoms with E-state index in [1.54, 1.807) is 0 Å². The molecule has 0 spiro atoms. The van der Waals surface area contributed by atoms with Crippen LogP contribution in [0, 0.1) is 11.7 Å². The van der Waals surface area contributed by atoms with Crippen LogP contribution in [0.15, 0.2) is 6.20 Å². The van der Waals surface area contributed by atoms with E-state index in [1.165, 1.54) is 0 Å².